The lowest BCUT2D eigenvalue weighted by Gasteiger charge is -2.05. The predicted molar refractivity (Wildman–Crippen MR) is 87.2 cm³/mol. The molecule has 0 saturated heterocycles. The molecular formula is C15H16N4S2. The summed E-state index contributed by atoms with van der Waals surface area (Å²) in [5.41, 5.74) is 0.602. The number of allylic oxidation sites excluding steroid dienone is 1. The Labute approximate surface area is 132 Å². The zero-order chi connectivity index (χ0) is 14.7. The van der Waals surface area contributed by atoms with Crippen molar-refractivity contribution in [3.05, 3.63) is 28.7 Å². The second-order valence-electron chi connectivity index (χ2n) is 4.93. The highest BCUT2D eigenvalue weighted by atomic mass is 32.2. The standard InChI is InChI=1S/C15H16N4S2/c1-20-14-7-6-12(21-14)9-11(10-16)15-18-17-13-5-3-2-4-8-19(13)15/h6-7,9H,2-5,8H2,1H3. The number of aryl methyl sites for hydroxylation is 1. The zero-order valence-corrected chi connectivity index (χ0v) is 13.5. The smallest absolute Gasteiger partial charge is 0.174 e. The minimum absolute atomic E-state index is 0.602. The summed E-state index contributed by atoms with van der Waals surface area (Å²) in [6.45, 7) is 0.914. The van der Waals surface area contributed by atoms with Crippen molar-refractivity contribution in [2.45, 2.75) is 36.4 Å². The SMILES string of the molecule is CSc1ccc(C=C(C#N)c2nnc3n2CCCCC3)s1. The van der Waals surface area contributed by atoms with Crippen molar-refractivity contribution >= 4 is 34.7 Å². The Morgan fingerprint density at radius 2 is 2.29 bits per heavy atom. The molecule has 1 aliphatic heterocycles. The minimum atomic E-state index is 0.602. The number of aromatic nitrogens is 3. The molecule has 0 bridgehead atoms. The van der Waals surface area contributed by atoms with E-state index in [1.54, 1.807) is 23.1 Å². The van der Waals surface area contributed by atoms with Crippen LogP contribution >= 0.6 is 23.1 Å². The number of hydrogen-bond donors (Lipinski definition) is 0. The van der Waals surface area contributed by atoms with Crippen molar-refractivity contribution in [1.82, 2.24) is 14.8 Å². The van der Waals surface area contributed by atoms with Crippen LogP contribution in [0.3, 0.4) is 0 Å². The molecule has 0 N–H and O–H groups in total. The summed E-state index contributed by atoms with van der Waals surface area (Å²) in [4.78, 5) is 1.09. The van der Waals surface area contributed by atoms with Crippen molar-refractivity contribution < 1.29 is 0 Å². The third-order valence-electron chi connectivity index (χ3n) is 3.56. The highest BCUT2D eigenvalue weighted by Gasteiger charge is 2.17. The number of thioether (sulfide) groups is 1. The number of rotatable bonds is 3. The fourth-order valence-electron chi connectivity index (χ4n) is 2.50. The predicted octanol–water partition coefficient (Wildman–Crippen LogP) is 3.85. The number of fused-ring (bicyclic) bond motifs is 1. The Hall–Kier alpha value is -1.58. The van der Waals surface area contributed by atoms with Crippen LogP contribution in [0.1, 0.15) is 35.8 Å². The third-order valence-corrected chi connectivity index (χ3v) is 5.68. The Kier molecular flexibility index (Phi) is 4.42. The average molecular weight is 316 g/mol. The summed E-state index contributed by atoms with van der Waals surface area (Å²) in [6.07, 6.45) is 8.45. The number of nitriles is 1. The van der Waals surface area contributed by atoms with E-state index in [2.05, 4.69) is 33.2 Å². The quantitative estimate of drug-likeness (QED) is 0.637. The van der Waals surface area contributed by atoms with Gasteiger partial charge in [-0.2, -0.15) is 5.26 Å². The molecule has 2 aromatic rings. The van der Waals surface area contributed by atoms with Crippen LogP contribution in [0, 0.1) is 11.3 Å². The molecule has 0 radical (unpaired) electrons. The van der Waals surface area contributed by atoms with Gasteiger partial charge in [0.05, 0.1) is 9.78 Å². The van der Waals surface area contributed by atoms with E-state index in [1.165, 1.54) is 10.6 Å². The zero-order valence-electron chi connectivity index (χ0n) is 11.9. The third kappa shape index (κ3) is 3.04. The summed E-state index contributed by atoms with van der Waals surface area (Å²) in [7, 11) is 0. The molecule has 0 unspecified atom stereocenters. The summed E-state index contributed by atoms with van der Waals surface area (Å²) >= 11 is 3.41. The van der Waals surface area contributed by atoms with E-state index in [0.717, 1.165) is 36.5 Å². The van der Waals surface area contributed by atoms with Gasteiger partial charge in [-0.1, -0.05) is 6.42 Å². The molecule has 0 amide bonds. The molecule has 0 aliphatic carbocycles. The molecule has 0 spiro atoms. The van der Waals surface area contributed by atoms with Gasteiger partial charge in [0.25, 0.3) is 0 Å². The van der Waals surface area contributed by atoms with E-state index < -0.39 is 0 Å². The van der Waals surface area contributed by atoms with Crippen molar-refractivity contribution in [3.8, 4) is 6.07 Å². The molecule has 21 heavy (non-hydrogen) atoms. The molecule has 3 heterocycles. The first-order valence-electron chi connectivity index (χ1n) is 7.00. The maximum absolute atomic E-state index is 9.50. The fourth-order valence-corrected chi connectivity index (χ4v) is 4.00. The topological polar surface area (TPSA) is 54.5 Å². The summed E-state index contributed by atoms with van der Waals surface area (Å²) < 4.78 is 3.36. The van der Waals surface area contributed by atoms with Crippen LogP contribution < -0.4 is 0 Å². The van der Waals surface area contributed by atoms with Gasteiger partial charge in [-0.05, 0) is 37.3 Å². The van der Waals surface area contributed by atoms with Crippen molar-refractivity contribution in [3.63, 3.8) is 0 Å². The van der Waals surface area contributed by atoms with Gasteiger partial charge in [-0.3, -0.25) is 0 Å². The number of nitrogens with zero attached hydrogens (tertiary/aromatic N) is 4. The molecular weight excluding hydrogens is 300 g/mol. The molecule has 2 aromatic heterocycles. The molecule has 0 atom stereocenters. The van der Waals surface area contributed by atoms with Crippen LogP contribution in [0.5, 0.6) is 0 Å². The molecule has 0 saturated carbocycles. The van der Waals surface area contributed by atoms with Crippen LogP contribution in [0.2, 0.25) is 0 Å². The maximum atomic E-state index is 9.50. The van der Waals surface area contributed by atoms with E-state index in [9.17, 15) is 5.26 Å². The van der Waals surface area contributed by atoms with Gasteiger partial charge in [0.15, 0.2) is 5.82 Å². The second kappa shape index (κ2) is 6.46. The number of hydrogen-bond acceptors (Lipinski definition) is 5. The molecule has 108 valence electrons. The normalized spacial score (nSPS) is 15.3. The summed E-state index contributed by atoms with van der Waals surface area (Å²) in [6, 6.07) is 6.42. The average Bonchev–Trinajstić information content (AvgIpc) is 3.05. The molecule has 6 heteroatoms. The second-order valence-corrected chi connectivity index (χ2v) is 7.15. The monoisotopic (exact) mass is 316 g/mol. The van der Waals surface area contributed by atoms with Crippen LogP contribution in [0.15, 0.2) is 16.3 Å². The van der Waals surface area contributed by atoms with Gasteiger partial charge in [0.1, 0.15) is 11.9 Å². The van der Waals surface area contributed by atoms with E-state index >= 15 is 0 Å². The van der Waals surface area contributed by atoms with Crippen molar-refractivity contribution in [1.29, 1.82) is 5.26 Å². The molecule has 0 fully saturated rings. The largest absolute Gasteiger partial charge is 0.310 e. The maximum Gasteiger partial charge on any atom is 0.174 e. The summed E-state index contributed by atoms with van der Waals surface area (Å²) in [5.74, 6) is 1.73. The Balaban J connectivity index is 1.97. The van der Waals surface area contributed by atoms with Crippen molar-refractivity contribution in [2.75, 3.05) is 6.26 Å². The first-order valence-corrected chi connectivity index (χ1v) is 9.04. The van der Waals surface area contributed by atoms with Gasteiger partial charge in [-0.25, -0.2) is 0 Å². The Morgan fingerprint density at radius 3 is 3.05 bits per heavy atom. The van der Waals surface area contributed by atoms with Crippen LogP contribution in [-0.4, -0.2) is 21.0 Å². The highest BCUT2D eigenvalue weighted by Crippen LogP contribution is 2.28. The van der Waals surface area contributed by atoms with Crippen LogP contribution in [-0.2, 0) is 13.0 Å². The van der Waals surface area contributed by atoms with E-state index in [-0.39, 0.29) is 0 Å². The molecule has 0 aromatic carbocycles. The first kappa shape index (κ1) is 14.4. The lowest BCUT2D eigenvalue weighted by atomic mass is 10.2. The van der Waals surface area contributed by atoms with Crippen LogP contribution in [0.25, 0.3) is 11.6 Å². The van der Waals surface area contributed by atoms with E-state index in [1.807, 2.05) is 12.1 Å². The Morgan fingerprint density at radius 1 is 1.38 bits per heavy atom. The number of thiophene rings is 1. The van der Waals surface area contributed by atoms with Gasteiger partial charge in [0.2, 0.25) is 0 Å². The minimum Gasteiger partial charge on any atom is -0.310 e. The van der Waals surface area contributed by atoms with Gasteiger partial charge in [0, 0.05) is 17.8 Å². The summed E-state index contributed by atoms with van der Waals surface area (Å²) in [5, 5.41) is 18.0. The lowest BCUT2D eigenvalue weighted by Crippen LogP contribution is -2.05. The van der Waals surface area contributed by atoms with Crippen LogP contribution in [0.4, 0.5) is 0 Å². The highest BCUT2D eigenvalue weighted by molar-refractivity contribution is 8.00. The first-order chi connectivity index (χ1) is 10.3. The lowest BCUT2D eigenvalue weighted by molar-refractivity contribution is 0.627. The van der Waals surface area contributed by atoms with Gasteiger partial charge < -0.3 is 4.57 Å². The van der Waals surface area contributed by atoms with Gasteiger partial charge in [-0.15, -0.1) is 33.3 Å². The fraction of sp³-hybridized carbons (Fsp3) is 0.400. The molecule has 1 aliphatic rings. The van der Waals surface area contributed by atoms with Gasteiger partial charge >= 0.3 is 0 Å². The van der Waals surface area contributed by atoms with E-state index in [4.69, 9.17) is 0 Å². The van der Waals surface area contributed by atoms with Crippen molar-refractivity contribution in [2.24, 2.45) is 0 Å². The molecule has 4 nitrogen and oxygen atoms in total. The van der Waals surface area contributed by atoms with E-state index in [0.29, 0.717) is 11.4 Å². The molecule has 3 rings (SSSR count). The Bertz CT molecular complexity index is 706.